The Kier molecular flexibility index (Phi) is 6.54. The molecule has 146 valence electrons. The largest absolute Gasteiger partial charge is 0.342 e. The van der Waals surface area contributed by atoms with Gasteiger partial charge in [0.05, 0.1) is 10.6 Å². The molecule has 1 amide bonds. The molecule has 0 bridgehead atoms. The lowest BCUT2D eigenvalue weighted by molar-refractivity contribution is -0.129. The number of carbonyl (C=O) groups excluding carboxylic acids is 1. The van der Waals surface area contributed by atoms with Crippen molar-refractivity contribution in [3.63, 3.8) is 0 Å². The summed E-state index contributed by atoms with van der Waals surface area (Å²) < 4.78 is 53.9. The molecular formula is C19H22F2N2O3S. The SMILES string of the molecule is CCN(CC)C(=O)CN(c1ccc(C)cc1)S(=O)(=O)c1ccc(F)c(F)c1. The number of carbonyl (C=O) groups is 1. The van der Waals surface area contributed by atoms with Gasteiger partial charge in [0, 0.05) is 13.1 Å². The van der Waals surface area contributed by atoms with Gasteiger partial charge in [0.25, 0.3) is 10.0 Å². The van der Waals surface area contributed by atoms with Crippen LogP contribution in [-0.4, -0.2) is 38.9 Å². The molecule has 0 aromatic heterocycles. The average molecular weight is 396 g/mol. The Morgan fingerprint density at radius 1 is 0.963 bits per heavy atom. The molecule has 2 rings (SSSR count). The first-order valence-electron chi connectivity index (χ1n) is 8.53. The highest BCUT2D eigenvalue weighted by atomic mass is 32.2. The number of anilines is 1. The van der Waals surface area contributed by atoms with Gasteiger partial charge in [-0.2, -0.15) is 0 Å². The standard InChI is InChI=1S/C19H22F2N2O3S/c1-4-22(5-2)19(24)13-23(15-8-6-14(3)7-9-15)27(25,26)16-10-11-17(20)18(21)12-16/h6-12H,4-5,13H2,1-3H3. The fourth-order valence-electron chi connectivity index (χ4n) is 2.59. The van der Waals surface area contributed by atoms with Crippen molar-refractivity contribution in [2.24, 2.45) is 0 Å². The highest BCUT2D eigenvalue weighted by molar-refractivity contribution is 7.92. The summed E-state index contributed by atoms with van der Waals surface area (Å²) in [5, 5.41) is 0. The molecule has 0 atom stereocenters. The van der Waals surface area contributed by atoms with Crippen LogP contribution in [0.3, 0.4) is 0 Å². The van der Waals surface area contributed by atoms with Gasteiger partial charge in [-0.05, 0) is 51.1 Å². The van der Waals surface area contributed by atoms with Crippen LogP contribution in [0.15, 0.2) is 47.4 Å². The summed E-state index contributed by atoms with van der Waals surface area (Å²) in [5.41, 5.74) is 1.19. The second-order valence-corrected chi connectivity index (χ2v) is 7.85. The molecule has 0 saturated carbocycles. The maximum Gasteiger partial charge on any atom is 0.264 e. The number of hydrogen-bond donors (Lipinski definition) is 0. The van der Waals surface area contributed by atoms with Gasteiger partial charge in [-0.15, -0.1) is 0 Å². The molecule has 0 saturated heterocycles. The highest BCUT2D eigenvalue weighted by Crippen LogP contribution is 2.25. The number of amides is 1. The maximum absolute atomic E-state index is 13.6. The predicted molar refractivity (Wildman–Crippen MR) is 100.0 cm³/mol. The number of aryl methyl sites for hydroxylation is 1. The summed E-state index contributed by atoms with van der Waals surface area (Å²) in [4.78, 5) is 13.6. The van der Waals surface area contributed by atoms with E-state index in [1.165, 1.54) is 4.90 Å². The molecule has 0 N–H and O–H groups in total. The fraction of sp³-hybridized carbons (Fsp3) is 0.316. The van der Waals surface area contributed by atoms with Crippen LogP contribution in [0.1, 0.15) is 19.4 Å². The Labute approximate surface area is 158 Å². The predicted octanol–water partition coefficient (Wildman–Crippen LogP) is 3.34. The number of hydrogen-bond acceptors (Lipinski definition) is 3. The van der Waals surface area contributed by atoms with Crippen molar-refractivity contribution < 1.29 is 22.0 Å². The lowest BCUT2D eigenvalue weighted by Crippen LogP contribution is -2.43. The van der Waals surface area contributed by atoms with Crippen LogP contribution < -0.4 is 4.31 Å². The Balaban J connectivity index is 2.51. The zero-order valence-electron chi connectivity index (χ0n) is 15.4. The second kappa shape index (κ2) is 8.47. The lowest BCUT2D eigenvalue weighted by Gasteiger charge is -2.27. The van der Waals surface area contributed by atoms with Crippen molar-refractivity contribution in [1.29, 1.82) is 0 Å². The normalized spacial score (nSPS) is 11.3. The minimum atomic E-state index is -4.27. The summed E-state index contributed by atoms with van der Waals surface area (Å²) in [6.45, 7) is 5.86. The number of rotatable bonds is 7. The van der Waals surface area contributed by atoms with E-state index in [0.29, 0.717) is 19.2 Å². The molecule has 0 unspecified atom stereocenters. The summed E-state index contributed by atoms with van der Waals surface area (Å²) in [7, 11) is -4.27. The van der Waals surface area contributed by atoms with Gasteiger partial charge >= 0.3 is 0 Å². The number of sulfonamides is 1. The van der Waals surface area contributed by atoms with Crippen molar-refractivity contribution in [2.75, 3.05) is 23.9 Å². The van der Waals surface area contributed by atoms with E-state index in [1.54, 1.807) is 38.1 Å². The zero-order chi connectivity index (χ0) is 20.2. The van der Waals surface area contributed by atoms with E-state index in [1.807, 2.05) is 6.92 Å². The van der Waals surface area contributed by atoms with E-state index >= 15 is 0 Å². The van der Waals surface area contributed by atoms with Gasteiger partial charge in [0.1, 0.15) is 6.54 Å². The third-order valence-electron chi connectivity index (χ3n) is 4.20. The topological polar surface area (TPSA) is 57.7 Å². The zero-order valence-corrected chi connectivity index (χ0v) is 16.3. The first-order chi connectivity index (χ1) is 12.7. The maximum atomic E-state index is 13.6. The van der Waals surface area contributed by atoms with E-state index in [9.17, 15) is 22.0 Å². The third kappa shape index (κ3) is 4.63. The third-order valence-corrected chi connectivity index (χ3v) is 5.97. The molecule has 2 aromatic carbocycles. The fourth-order valence-corrected chi connectivity index (χ4v) is 4.02. The van der Waals surface area contributed by atoms with Gasteiger partial charge in [-0.1, -0.05) is 17.7 Å². The first kappa shape index (κ1) is 20.8. The van der Waals surface area contributed by atoms with Crippen molar-refractivity contribution in [3.05, 3.63) is 59.7 Å². The summed E-state index contributed by atoms with van der Waals surface area (Å²) in [6.07, 6.45) is 0. The number of likely N-dealkylation sites (N-methyl/N-ethyl adjacent to an activating group) is 1. The summed E-state index contributed by atoms with van der Waals surface area (Å²) in [5.74, 6) is -2.79. The minimum absolute atomic E-state index is 0.269. The van der Waals surface area contributed by atoms with Gasteiger partial charge < -0.3 is 4.90 Å². The van der Waals surface area contributed by atoms with Gasteiger partial charge in [-0.3, -0.25) is 9.10 Å². The van der Waals surface area contributed by atoms with Crippen LogP contribution in [0.5, 0.6) is 0 Å². The van der Waals surface area contributed by atoms with Crippen LogP contribution in [0.2, 0.25) is 0 Å². The van der Waals surface area contributed by atoms with E-state index in [0.717, 1.165) is 22.0 Å². The van der Waals surface area contributed by atoms with Gasteiger partial charge in [0.2, 0.25) is 5.91 Å². The number of nitrogens with zero attached hydrogens (tertiary/aromatic N) is 2. The summed E-state index contributed by atoms with van der Waals surface area (Å²) >= 11 is 0. The van der Waals surface area contributed by atoms with Crippen LogP contribution >= 0.6 is 0 Å². The molecule has 0 fully saturated rings. The molecular weight excluding hydrogens is 374 g/mol. The molecule has 0 aliphatic carbocycles. The smallest absolute Gasteiger partial charge is 0.264 e. The molecule has 0 spiro atoms. The second-order valence-electron chi connectivity index (χ2n) is 5.99. The van der Waals surface area contributed by atoms with Crippen molar-refractivity contribution in [2.45, 2.75) is 25.7 Å². The molecule has 0 aliphatic heterocycles. The van der Waals surface area contributed by atoms with Gasteiger partial charge in [0.15, 0.2) is 11.6 Å². The Hall–Kier alpha value is -2.48. The molecule has 27 heavy (non-hydrogen) atoms. The lowest BCUT2D eigenvalue weighted by atomic mass is 10.2. The Morgan fingerprint density at radius 3 is 2.07 bits per heavy atom. The molecule has 0 heterocycles. The van der Waals surface area contributed by atoms with E-state index < -0.39 is 33.1 Å². The molecule has 0 radical (unpaired) electrons. The van der Waals surface area contributed by atoms with Crippen LogP contribution in [0.25, 0.3) is 0 Å². The van der Waals surface area contributed by atoms with Crippen LogP contribution in [-0.2, 0) is 14.8 Å². The molecule has 8 heteroatoms. The summed E-state index contributed by atoms with van der Waals surface area (Å²) in [6, 6.07) is 8.92. The Bertz CT molecular complexity index is 911. The minimum Gasteiger partial charge on any atom is -0.342 e. The molecule has 0 aliphatic rings. The van der Waals surface area contributed by atoms with Crippen LogP contribution in [0.4, 0.5) is 14.5 Å². The molecule has 5 nitrogen and oxygen atoms in total. The van der Waals surface area contributed by atoms with E-state index in [2.05, 4.69) is 0 Å². The van der Waals surface area contributed by atoms with Crippen molar-refractivity contribution >= 4 is 21.6 Å². The van der Waals surface area contributed by atoms with Crippen molar-refractivity contribution in [1.82, 2.24) is 4.90 Å². The number of halogens is 2. The Morgan fingerprint density at radius 2 is 1.56 bits per heavy atom. The first-order valence-corrected chi connectivity index (χ1v) is 9.97. The highest BCUT2D eigenvalue weighted by Gasteiger charge is 2.29. The van der Waals surface area contributed by atoms with E-state index in [4.69, 9.17) is 0 Å². The quantitative estimate of drug-likeness (QED) is 0.721. The number of benzene rings is 2. The van der Waals surface area contributed by atoms with E-state index in [-0.39, 0.29) is 11.6 Å². The molecule has 2 aromatic rings. The van der Waals surface area contributed by atoms with Gasteiger partial charge in [-0.25, -0.2) is 17.2 Å². The average Bonchev–Trinajstić information content (AvgIpc) is 2.63. The monoisotopic (exact) mass is 396 g/mol. The van der Waals surface area contributed by atoms with Crippen LogP contribution in [0, 0.1) is 18.6 Å². The van der Waals surface area contributed by atoms with Crippen molar-refractivity contribution in [3.8, 4) is 0 Å².